The lowest BCUT2D eigenvalue weighted by atomic mass is 10.4. The molecule has 2 aromatic heterocycles. The average molecular weight is 322 g/mol. The molecular formula is C14H18N4O3S. The van der Waals surface area contributed by atoms with Gasteiger partial charge in [-0.1, -0.05) is 6.92 Å². The molecule has 1 saturated heterocycles. The van der Waals surface area contributed by atoms with Gasteiger partial charge < -0.3 is 4.90 Å². The summed E-state index contributed by atoms with van der Waals surface area (Å²) in [5.41, 5.74) is -0.0627. The minimum Gasteiger partial charge on any atom is -0.341 e. The van der Waals surface area contributed by atoms with E-state index in [1.165, 1.54) is 9.13 Å². The smallest absolute Gasteiger partial charge is 0.332 e. The molecule has 22 heavy (non-hydrogen) atoms. The molecule has 1 aliphatic rings. The Hall–Kier alpha value is -1.96. The minimum absolute atomic E-state index is 0.0300. The first-order valence-electron chi connectivity index (χ1n) is 7.49. The van der Waals surface area contributed by atoms with Crippen LogP contribution in [0.1, 0.15) is 26.2 Å². The van der Waals surface area contributed by atoms with Gasteiger partial charge in [-0.15, -0.1) is 0 Å². The second-order valence-electron chi connectivity index (χ2n) is 5.46. The van der Waals surface area contributed by atoms with Gasteiger partial charge in [-0.2, -0.15) is 4.37 Å². The van der Waals surface area contributed by atoms with Crippen molar-refractivity contribution in [3.05, 3.63) is 26.2 Å². The number of aromatic nitrogens is 3. The van der Waals surface area contributed by atoms with Gasteiger partial charge in [0.25, 0.3) is 5.56 Å². The highest BCUT2D eigenvalue weighted by Crippen LogP contribution is 2.12. The van der Waals surface area contributed by atoms with Crippen molar-refractivity contribution in [1.82, 2.24) is 18.4 Å². The van der Waals surface area contributed by atoms with Crippen molar-refractivity contribution in [1.29, 1.82) is 0 Å². The largest absolute Gasteiger partial charge is 0.341 e. The number of carbonyl (C=O) groups excluding carboxylic acids is 1. The average Bonchev–Trinajstić information content (AvgIpc) is 3.18. The van der Waals surface area contributed by atoms with Crippen LogP contribution >= 0.6 is 11.5 Å². The molecule has 3 heterocycles. The molecule has 0 unspecified atom stereocenters. The van der Waals surface area contributed by atoms with Crippen LogP contribution in [0, 0.1) is 0 Å². The zero-order valence-electron chi connectivity index (χ0n) is 12.4. The van der Waals surface area contributed by atoms with Crippen molar-refractivity contribution in [2.75, 3.05) is 13.1 Å². The van der Waals surface area contributed by atoms with Crippen molar-refractivity contribution in [2.45, 2.75) is 39.3 Å². The molecule has 2 aromatic rings. The molecule has 7 nitrogen and oxygen atoms in total. The molecule has 0 aliphatic carbocycles. The summed E-state index contributed by atoms with van der Waals surface area (Å²) in [5, 5.41) is 1.66. The summed E-state index contributed by atoms with van der Waals surface area (Å²) in [6.45, 7) is 3.69. The number of hydrogen-bond acceptors (Lipinski definition) is 5. The third-order valence-corrected chi connectivity index (χ3v) is 4.57. The standard InChI is InChI=1S/C14H18N4O3S/c1-2-5-17-13(20)12-10(9-22-15-12)18(14(17)21)8-11(19)16-6-3-4-7-16/h9H,2-8H2,1H3. The second kappa shape index (κ2) is 6.04. The SMILES string of the molecule is CCCn1c(=O)c2nscc2n(CC(=O)N2CCCC2)c1=O. The normalized spacial score (nSPS) is 14.9. The van der Waals surface area contributed by atoms with Gasteiger partial charge in [0.05, 0.1) is 5.52 Å². The molecule has 0 radical (unpaired) electrons. The summed E-state index contributed by atoms with van der Waals surface area (Å²) in [6, 6.07) is 0. The van der Waals surface area contributed by atoms with Crippen LogP contribution < -0.4 is 11.2 Å². The summed E-state index contributed by atoms with van der Waals surface area (Å²) in [6.07, 6.45) is 2.68. The van der Waals surface area contributed by atoms with Crippen LogP contribution in [-0.2, 0) is 17.9 Å². The van der Waals surface area contributed by atoms with E-state index in [0.29, 0.717) is 18.5 Å². The van der Waals surface area contributed by atoms with Crippen molar-refractivity contribution < 1.29 is 4.79 Å². The van der Waals surface area contributed by atoms with Crippen molar-refractivity contribution in [3.63, 3.8) is 0 Å². The van der Waals surface area contributed by atoms with Crippen LogP contribution in [0.2, 0.25) is 0 Å². The number of likely N-dealkylation sites (tertiary alicyclic amines) is 1. The van der Waals surface area contributed by atoms with Gasteiger partial charge >= 0.3 is 5.69 Å². The number of fused-ring (bicyclic) bond motifs is 1. The molecule has 8 heteroatoms. The molecular weight excluding hydrogens is 304 g/mol. The predicted molar refractivity (Wildman–Crippen MR) is 84.2 cm³/mol. The predicted octanol–water partition coefficient (Wildman–Crippen LogP) is 0.652. The fourth-order valence-electron chi connectivity index (χ4n) is 2.81. The van der Waals surface area contributed by atoms with Crippen LogP contribution in [-0.4, -0.2) is 37.4 Å². The summed E-state index contributed by atoms with van der Waals surface area (Å²) in [7, 11) is 0. The number of rotatable bonds is 4. The van der Waals surface area contributed by atoms with E-state index in [9.17, 15) is 14.4 Å². The second-order valence-corrected chi connectivity index (χ2v) is 6.09. The highest BCUT2D eigenvalue weighted by atomic mass is 32.1. The van der Waals surface area contributed by atoms with Gasteiger partial charge in [0.1, 0.15) is 6.54 Å². The number of nitrogens with zero attached hydrogens (tertiary/aromatic N) is 4. The fraction of sp³-hybridized carbons (Fsp3) is 0.571. The Balaban J connectivity index is 2.07. The molecule has 3 rings (SSSR count). The van der Waals surface area contributed by atoms with Crippen molar-refractivity contribution in [2.24, 2.45) is 0 Å². The fourth-order valence-corrected chi connectivity index (χ4v) is 3.48. The maximum atomic E-state index is 12.6. The van der Waals surface area contributed by atoms with E-state index in [0.717, 1.165) is 37.5 Å². The highest BCUT2D eigenvalue weighted by molar-refractivity contribution is 7.04. The summed E-state index contributed by atoms with van der Waals surface area (Å²) >= 11 is 1.13. The van der Waals surface area contributed by atoms with E-state index in [-0.39, 0.29) is 23.5 Å². The molecule has 118 valence electrons. The minimum atomic E-state index is -0.424. The van der Waals surface area contributed by atoms with Crippen LogP contribution in [0.4, 0.5) is 0 Å². The molecule has 0 spiro atoms. The summed E-state index contributed by atoms with van der Waals surface area (Å²) in [5.74, 6) is -0.0752. The van der Waals surface area contributed by atoms with Crippen LogP contribution in [0.3, 0.4) is 0 Å². The van der Waals surface area contributed by atoms with E-state index < -0.39 is 5.69 Å². The summed E-state index contributed by atoms with van der Waals surface area (Å²) < 4.78 is 6.66. The Labute approximate surface area is 130 Å². The Morgan fingerprint density at radius 3 is 2.68 bits per heavy atom. The quantitative estimate of drug-likeness (QED) is 0.828. The lowest BCUT2D eigenvalue weighted by molar-refractivity contribution is -0.130. The Morgan fingerprint density at radius 2 is 2.00 bits per heavy atom. The first kappa shape index (κ1) is 15.0. The van der Waals surface area contributed by atoms with Gasteiger partial charge in [0.2, 0.25) is 5.91 Å². The molecule has 0 aromatic carbocycles. The number of hydrogen-bond donors (Lipinski definition) is 0. The van der Waals surface area contributed by atoms with E-state index in [2.05, 4.69) is 4.37 Å². The van der Waals surface area contributed by atoms with E-state index in [1.807, 2.05) is 6.92 Å². The molecule has 1 aliphatic heterocycles. The molecule has 1 amide bonds. The van der Waals surface area contributed by atoms with Gasteiger partial charge in [-0.3, -0.25) is 18.7 Å². The number of amides is 1. The van der Waals surface area contributed by atoms with Crippen molar-refractivity contribution >= 4 is 28.5 Å². The third-order valence-electron chi connectivity index (χ3n) is 3.95. The first-order chi connectivity index (χ1) is 10.6. The molecule has 0 N–H and O–H groups in total. The molecule has 0 saturated carbocycles. The lowest BCUT2D eigenvalue weighted by Gasteiger charge is -2.17. The third kappa shape index (κ3) is 2.47. The van der Waals surface area contributed by atoms with E-state index in [1.54, 1.807) is 10.3 Å². The zero-order chi connectivity index (χ0) is 15.7. The van der Waals surface area contributed by atoms with Crippen LogP contribution in [0.5, 0.6) is 0 Å². The monoisotopic (exact) mass is 322 g/mol. The Bertz CT molecular complexity index is 814. The van der Waals surface area contributed by atoms with Gasteiger partial charge in [0, 0.05) is 25.0 Å². The Morgan fingerprint density at radius 1 is 1.27 bits per heavy atom. The number of carbonyl (C=O) groups is 1. The van der Waals surface area contributed by atoms with E-state index >= 15 is 0 Å². The Kier molecular flexibility index (Phi) is 4.10. The maximum absolute atomic E-state index is 12.6. The topological polar surface area (TPSA) is 77.2 Å². The van der Waals surface area contributed by atoms with Gasteiger partial charge in [-0.25, -0.2) is 4.79 Å². The molecule has 0 bridgehead atoms. The van der Waals surface area contributed by atoms with Crippen LogP contribution in [0.25, 0.3) is 11.0 Å². The van der Waals surface area contributed by atoms with Crippen molar-refractivity contribution in [3.8, 4) is 0 Å². The zero-order valence-corrected chi connectivity index (χ0v) is 13.3. The van der Waals surface area contributed by atoms with Crippen LogP contribution in [0.15, 0.2) is 15.0 Å². The van der Waals surface area contributed by atoms with Gasteiger partial charge in [0.15, 0.2) is 5.52 Å². The summed E-state index contributed by atoms with van der Waals surface area (Å²) in [4.78, 5) is 39.0. The lowest BCUT2D eigenvalue weighted by Crippen LogP contribution is -2.43. The molecule has 0 atom stereocenters. The molecule has 1 fully saturated rings. The highest BCUT2D eigenvalue weighted by Gasteiger charge is 2.21. The first-order valence-corrected chi connectivity index (χ1v) is 8.32. The maximum Gasteiger partial charge on any atom is 0.332 e. The van der Waals surface area contributed by atoms with E-state index in [4.69, 9.17) is 0 Å². The van der Waals surface area contributed by atoms with Gasteiger partial charge in [-0.05, 0) is 30.8 Å².